The zero-order chi connectivity index (χ0) is 23.2. The van der Waals surface area contributed by atoms with Crippen LogP contribution in [0.1, 0.15) is 32.7 Å². The van der Waals surface area contributed by atoms with Gasteiger partial charge in [-0.3, -0.25) is 23.7 Å². The lowest BCUT2D eigenvalue weighted by Crippen LogP contribution is -2.29. The molecule has 1 saturated heterocycles. The van der Waals surface area contributed by atoms with Gasteiger partial charge in [-0.25, -0.2) is 13.3 Å². The van der Waals surface area contributed by atoms with Crippen molar-refractivity contribution in [3.8, 4) is 5.75 Å². The Balaban J connectivity index is 1.71. The van der Waals surface area contributed by atoms with E-state index < -0.39 is 21.8 Å². The highest BCUT2D eigenvalue weighted by molar-refractivity contribution is 7.92. The molecule has 9 nitrogen and oxygen atoms in total. The summed E-state index contributed by atoms with van der Waals surface area (Å²) >= 11 is 1.04. The fraction of sp³-hybridized carbons (Fsp3) is 0.286. The number of imide groups is 1. The molecular formula is C21H21N3O6S2. The monoisotopic (exact) mass is 475 g/mol. The summed E-state index contributed by atoms with van der Waals surface area (Å²) in [4.78, 5) is 37.3. The third kappa shape index (κ3) is 3.78. The van der Waals surface area contributed by atoms with Gasteiger partial charge in [0.1, 0.15) is 5.75 Å². The number of fused-ring (bicyclic) bond motifs is 1. The fourth-order valence-electron chi connectivity index (χ4n) is 3.66. The number of methoxy groups -OCH3 is 1. The van der Waals surface area contributed by atoms with Gasteiger partial charge in [-0.15, -0.1) is 0 Å². The fourth-order valence-corrected chi connectivity index (χ4v) is 5.78. The zero-order valence-electron chi connectivity index (χ0n) is 17.6. The average Bonchev–Trinajstić information content (AvgIpc) is 3.24. The number of thiazole rings is 1. The molecule has 1 aromatic heterocycles. The molecule has 11 heteroatoms. The highest BCUT2D eigenvalue weighted by Crippen LogP contribution is 2.35. The maximum absolute atomic E-state index is 13.0. The number of nitrogens with one attached hydrogen (secondary N) is 1. The first-order valence-electron chi connectivity index (χ1n) is 9.84. The molecule has 2 aromatic carbocycles. The summed E-state index contributed by atoms with van der Waals surface area (Å²) < 4.78 is 36.1. The minimum Gasteiger partial charge on any atom is -0.495 e. The van der Waals surface area contributed by atoms with E-state index in [1.165, 1.54) is 25.3 Å². The summed E-state index contributed by atoms with van der Waals surface area (Å²) in [5, 5.41) is 0. The molecule has 1 aliphatic heterocycles. The first-order chi connectivity index (χ1) is 15.1. The normalized spacial score (nSPS) is 14.6. The number of anilines is 2. The van der Waals surface area contributed by atoms with Gasteiger partial charge >= 0.3 is 4.87 Å². The zero-order valence-corrected chi connectivity index (χ0v) is 19.2. The van der Waals surface area contributed by atoms with E-state index in [1.807, 2.05) is 13.8 Å². The Hall–Kier alpha value is -3.18. The molecule has 0 spiro atoms. The summed E-state index contributed by atoms with van der Waals surface area (Å²) in [7, 11) is -2.67. The second-order valence-corrected chi connectivity index (χ2v) is 10.3. The molecule has 1 aliphatic rings. The second kappa shape index (κ2) is 8.06. The number of rotatable bonds is 6. The molecule has 1 fully saturated rings. The molecule has 1 N–H and O–H groups in total. The van der Waals surface area contributed by atoms with Crippen LogP contribution in [0, 0.1) is 0 Å². The van der Waals surface area contributed by atoms with E-state index in [4.69, 9.17) is 4.74 Å². The van der Waals surface area contributed by atoms with Gasteiger partial charge in [0.2, 0.25) is 11.8 Å². The summed E-state index contributed by atoms with van der Waals surface area (Å²) in [6, 6.07) is 8.86. The molecule has 0 atom stereocenters. The predicted molar refractivity (Wildman–Crippen MR) is 122 cm³/mol. The maximum Gasteiger partial charge on any atom is 0.308 e. The van der Waals surface area contributed by atoms with Crippen LogP contribution >= 0.6 is 11.3 Å². The Bertz CT molecular complexity index is 1390. The first kappa shape index (κ1) is 22.0. The van der Waals surface area contributed by atoms with Gasteiger partial charge < -0.3 is 4.74 Å². The molecule has 3 aromatic rings. The van der Waals surface area contributed by atoms with Crippen molar-refractivity contribution < 1.29 is 22.7 Å². The number of sulfonamides is 1. The van der Waals surface area contributed by atoms with Gasteiger partial charge in [-0.2, -0.15) is 0 Å². The summed E-state index contributed by atoms with van der Waals surface area (Å²) in [6.07, 6.45) is 0.131. The minimum absolute atomic E-state index is 0.0208. The Kier molecular flexibility index (Phi) is 5.55. The highest BCUT2D eigenvalue weighted by Gasteiger charge is 2.33. The van der Waals surface area contributed by atoms with E-state index in [2.05, 4.69) is 4.72 Å². The van der Waals surface area contributed by atoms with Crippen molar-refractivity contribution in [2.75, 3.05) is 16.7 Å². The van der Waals surface area contributed by atoms with Crippen molar-refractivity contribution in [3.63, 3.8) is 0 Å². The average molecular weight is 476 g/mol. The molecular weight excluding hydrogens is 454 g/mol. The van der Waals surface area contributed by atoms with Crippen LogP contribution in [-0.4, -0.2) is 31.9 Å². The quantitative estimate of drug-likeness (QED) is 0.548. The van der Waals surface area contributed by atoms with Gasteiger partial charge in [0.25, 0.3) is 10.0 Å². The number of nitrogens with zero attached hydrogens (tertiary/aromatic N) is 2. The van der Waals surface area contributed by atoms with Crippen molar-refractivity contribution >= 4 is 54.8 Å². The van der Waals surface area contributed by atoms with Gasteiger partial charge in [0.15, 0.2) is 0 Å². The first-order valence-corrected chi connectivity index (χ1v) is 12.1. The standard InChI is InChI=1S/C21H21N3O6S2/c1-12(2)23-15-6-4-13(10-18(15)31-21(23)27)22-32(28,29)14-5-7-17(30-3)16(11-14)24-19(25)8-9-20(24)26/h4-7,10-12,22H,8-9H2,1-3H3. The van der Waals surface area contributed by atoms with Gasteiger partial charge in [-0.05, 0) is 50.2 Å². The second-order valence-electron chi connectivity index (χ2n) is 7.58. The van der Waals surface area contributed by atoms with Crippen LogP contribution in [0.15, 0.2) is 46.1 Å². The lowest BCUT2D eigenvalue weighted by atomic mass is 10.2. The number of ether oxygens (including phenoxy) is 1. The molecule has 168 valence electrons. The Morgan fingerprint density at radius 1 is 1.03 bits per heavy atom. The molecule has 0 saturated carbocycles. The lowest BCUT2D eigenvalue weighted by molar-refractivity contribution is -0.121. The third-order valence-electron chi connectivity index (χ3n) is 5.13. The van der Waals surface area contributed by atoms with Crippen LogP contribution in [0.3, 0.4) is 0 Å². The van der Waals surface area contributed by atoms with Crippen molar-refractivity contribution in [1.82, 2.24) is 4.57 Å². The SMILES string of the molecule is COc1ccc(S(=O)(=O)Nc2ccc3c(c2)sc(=O)n3C(C)C)cc1N1C(=O)CCC1=O. The maximum atomic E-state index is 13.0. The Morgan fingerprint density at radius 2 is 1.72 bits per heavy atom. The van der Waals surface area contributed by atoms with Crippen LogP contribution in [0.5, 0.6) is 5.75 Å². The number of aromatic nitrogens is 1. The topological polar surface area (TPSA) is 115 Å². The molecule has 0 aliphatic carbocycles. The minimum atomic E-state index is -4.05. The number of hydrogen-bond acceptors (Lipinski definition) is 7. The van der Waals surface area contributed by atoms with E-state index in [-0.39, 0.29) is 40.1 Å². The summed E-state index contributed by atoms with van der Waals surface area (Å²) in [5.74, 6) is -0.606. The van der Waals surface area contributed by atoms with E-state index in [1.54, 1.807) is 22.8 Å². The summed E-state index contributed by atoms with van der Waals surface area (Å²) in [5.41, 5.74) is 1.11. The van der Waals surface area contributed by atoms with Gasteiger partial charge in [0.05, 0.1) is 33.6 Å². The van der Waals surface area contributed by atoms with Crippen molar-refractivity contribution in [1.29, 1.82) is 0 Å². The van der Waals surface area contributed by atoms with Crippen molar-refractivity contribution in [2.45, 2.75) is 37.6 Å². The van der Waals surface area contributed by atoms with E-state index in [0.717, 1.165) is 21.8 Å². The highest BCUT2D eigenvalue weighted by atomic mass is 32.2. The molecule has 0 unspecified atom stereocenters. The van der Waals surface area contributed by atoms with Crippen molar-refractivity contribution in [3.05, 3.63) is 46.1 Å². The Labute approximate surface area is 188 Å². The molecule has 2 heterocycles. The predicted octanol–water partition coefficient (Wildman–Crippen LogP) is 3.11. The van der Waals surface area contributed by atoms with E-state index >= 15 is 0 Å². The number of hydrogen-bond donors (Lipinski definition) is 1. The van der Waals surface area contributed by atoms with Crippen LogP contribution in [0.25, 0.3) is 10.2 Å². The van der Waals surface area contributed by atoms with Gasteiger partial charge in [0, 0.05) is 18.9 Å². The van der Waals surface area contributed by atoms with E-state index in [9.17, 15) is 22.8 Å². The van der Waals surface area contributed by atoms with Crippen LogP contribution in [0.2, 0.25) is 0 Å². The van der Waals surface area contributed by atoms with Crippen LogP contribution in [0.4, 0.5) is 11.4 Å². The third-order valence-corrected chi connectivity index (χ3v) is 7.43. The largest absolute Gasteiger partial charge is 0.495 e. The molecule has 32 heavy (non-hydrogen) atoms. The molecule has 2 amide bonds. The van der Waals surface area contributed by atoms with Crippen molar-refractivity contribution in [2.24, 2.45) is 0 Å². The molecule has 0 radical (unpaired) electrons. The number of benzene rings is 2. The van der Waals surface area contributed by atoms with Crippen LogP contribution in [-0.2, 0) is 19.6 Å². The van der Waals surface area contributed by atoms with Crippen LogP contribution < -0.4 is 19.2 Å². The number of carbonyl (C=O) groups is 2. The van der Waals surface area contributed by atoms with E-state index in [0.29, 0.717) is 10.4 Å². The smallest absolute Gasteiger partial charge is 0.308 e. The summed E-state index contributed by atoms with van der Waals surface area (Å²) in [6.45, 7) is 3.81. The molecule has 0 bridgehead atoms. The number of carbonyl (C=O) groups excluding carboxylic acids is 2. The lowest BCUT2D eigenvalue weighted by Gasteiger charge is -2.18. The van der Waals surface area contributed by atoms with Gasteiger partial charge in [-0.1, -0.05) is 11.3 Å². The molecule has 4 rings (SSSR count). The number of amides is 2. The Morgan fingerprint density at radius 3 is 2.34 bits per heavy atom.